The van der Waals surface area contributed by atoms with Gasteiger partial charge in [0.05, 0.1) is 0 Å². The van der Waals surface area contributed by atoms with E-state index < -0.39 is 0 Å². The fraction of sp³-hybridized carbons (Fsp3) is 0.125. The van der Waals surface area contributed by atoms with Crippen molar-refractivity contribution in [1.82, 2.24) is 0 Å². The van der Waals surface area contributed by atoms with Crippen molar-refractivity contribution in [3.8, 4) is 0 Å². The third kappa shape index (κ3) is 2.06. The van der Waals surface area contributed by atoms with E-state index >= 15 is 0 Å². The second-order valence-electron chi connectivity index (χ2n) is 3.89. The Morgan fingerprint density at radius 3 is 2.56 bits per heavy atom. The van der Waals surface area contributed by atoms with Gasteiger partial charge in [-0.05, 0) is 35.7 Å². The summed E-state index contributed by atoms with van der Waals surface area (Å²) < 4.78 is 0. The zero-order chi connectivity index (χ0) is 11.4. The van der Waals surface area contributed by atoms with Crippen LogP contribution in [0.1, 0.15) is 18.1 Å². The van der Waals surface area contributed by atoms with Gasteiger partial charge in [-0.3, -0.25) is 0 Å². The molecule has 0 spiro atoms. The summed E-state index contributed by atoms with van der Waals surface area (Å²) in [6.07, 6.45) is 8.32. The summed E-state index contributed by atoms with van der Waals surface area (Å²) in [6, 6.07) is 12.9. The SMILES string of the molecule is C/C=C\C=C/c1ccc2ccccc2c1C. The van der Waals surface area contributed by atoms with Crippen molar-refractivity contribution < 1.29 is 0 Å². The maximum Gasteiger partial charge on any atom is -0.0149 e. The molecular weight excluding hydrogens is 192 g/mol. The minimum atomic E-state index is 1.29. The minimum Gasteiger partial charge on any atom is -0.0877 e. The Bertz CT molecular complexity index is 545. The normalized spacial score (nSPS) is 11.9. The first kappa shape index (κ1) is 10.7. The monoisotopic (exact) mass is 208 g/mol. The quantitative estimate of drug-likeness (QED) is 0.625. The molecule has 0 saturated heterocycles. The zero-order valence-corrected chi connectivity index (χ0v) is 9.77. The lowest BCUT2D eigenvalue weighted by Gasteiger charge is -2.05. The van der Waals surface area contributed by atoms with Gasteiger partial charge in [-0.1, -0.05) is 60.7 Å². The highest BCUT2D eigenvalue weighted by atomic mass is 14.0. The van der Waals surface area contributed by atoms with Crippen molar-refractivity contribution in [3.05, 3.63) is 65.8 Å². The lowest BCUT2D eigenvalue weighted by molar-refractivity contribution is 1.50. The Morgan fingerprint density at radius 1 is 0.938 bits per heavy atom. The largest absolute Gasteiger partial charge is 0.0877 e. The first-order valence-electron chi connectivity index (χ1n) is 5.60. The van der Waals surface area contributed by atoms with Gasteiger partial charge < -0.3 is 0 Å². The predicted molar refractivity (Wildman–Crippen MR) is 72.5 cm³/mol. The highest BCUT2D eigenvalue weighted by molar-refractivity contribution is 5.88. The standard InChI is InChI=1S/C16H16/c1-3-4-5-8-14-11-12-15-9-6-7-10-16(15)13(14)2/h3-12H,1-2H3/b4-3-,8-5-. The van der Waals surface area contributed by atoms with Gasteiger partial charge in [-0.15, -0.1) is 0 Å². The van der Waals surface area contributed by atoms with E-state index in [4.69, 9.17) is 0 Å². The first-order valence-corrected chi connectivity index (χ1v) is 5.60. The van der Waals surface area contributed by atoms with Crippen LogP contribution in [0.25, 0.3) is 16.8 Å². The number of hydrogen-bond donors (Lipinski definition) is 0. The lowest BCUT2D eigenvalue weighted by atomic mass is 10.00. The molecule has 2 rings (SSSR count). The van der Waals surface area contributed by atoms with E-state index in [0.717, 1.165) is 0 Å². The molecule has 0 heteroatoms. The predicted octanol–water partition coefficient (Wildman–Crippen LogP) is 4.74. The second-order valence-corrected chi connectivity index (χ2v) is 3.89. The van der Waals surface area contributed by atoms with Crippen LogP contribution in [-0.4, -0.2) is 0 Å². The fourth-order valence-corrected chi connectivity index (χ4v) is 1.89. The molecule has 0 N–H and O–H groups in total. The van der Waals surface area contributed by atoms with Crippen molar-refractivity contribution >= 4 is 16.8 Å². The van der Waals surface area contributed by atoms with Crippen LogP contribution in [0, 0.1) is 6.92 Å². The average Bonchev–Trinajstić information content (AvgIpc) is 2.33. The molecule has 0 aliphatic carbocycles. The van der Waals surface area contributed by atoms with Gasteiger partial charge in [-0.2, -0.15) is 0 Å². The van der Waals surface area contributed by atoms with Crippen LogP contribution in [0.15, 0.2) is 54.6 Å². The van der Waals surface area contributed by atoms with Crippen LogP contribution in [-0.2, 0) is 0 Å². The molecule has 0 nitrogen and oxygen atoms in total. The summed E-state index contributed by atoms with van der Waals surface area (Å²) in [6.45, 7) is 4.20. The van der Waals surface area contributed by atoms with Gasteiger partial charge >= 0.3 is 0 Å². The lowest BCUT2D eigenvalue weighted by Crippen LogP contribution is -1.83. The van der Waals surface area contributed by atoms with E-state index in [-0.39, 0.29) is 0 Å². The van der Waals surface area contributed by atoms with Crippen molar-refractivity contribution in [2.75, 3.05) is 0 Å². The van der Waals surface area contributed by atoms with Crippen LogP contribution in [0.5, 0.6) is 0 Å². The molecule has 0 fully saturated rings. The number of allylic oxidation sites excluding steroid dienone is 3. The molecule has 0 amide bonds. The summed E-state index contributed by atoms with van der Waals surface area (Å²) >= 11 is 0. The van der Waals surface area contributed by atoms with Crippen molar-refractivity contribution in [2.24, 2.45) is 0 Å². The molecule has 0 heterocycles. The van der Waals surface area contributed by atoms with Gasteiger partial charge in [0.25, 0.3) is 0 Å². The van der Waals surface area contributed by atoms with E-state index in [1.165, 1.54) is 21.9 Å². The highest BCUT2D eigenvalue weighted by Crippen LogP contribution is 2.22. The number of rotatable bonds is 2. The zero-order valence-electron chi connectivity index (χ0n) is 9.77. The van der Waals surface area contributed by atoms with E-state index in [1.54, 1.807) is 0 Å². The van der Waals surface area contributed by atoms with Crippen LogP contribution in [0.3, 0.4) is 0 Å². The molecule has 0 saturated carbocycles. The third-order valence-electron chi connectivity index (χ3n) is 2.82. The van der Waals surface area contributed by atoms with Gasteiger partial charge in [0.2, 0.25) is 0 Å². The summed E-state index contributed by atoms with van der Waals surface area (Å²) in [5.41, 5.74) is 2.63. The summed E-state index contributed by atoms with van der Waals surface area (Å²) in [4.78, 5) is 0. The van der Waals surface area contributed by atoms with Gasteiger partial charge in [-0.25, -0.2) is 0 Å². The molecule has 0 aliphatic heterocycles. The molecule has 80 valence electrons. The number of benzene rings is 2. The fourth-order valence-electron chi connectivity index (χ4n) is 1.89. The number of fused-ring (bicyclic) bond motifs is 1. The van der Waals surface area contributed by atoms with Crippen molar-refractivity contribution in [2.45, 2.75) is 13.8 Å². The van der Waals surface area contributed by atoms with Gasteiger partial charge in [0, 0.05) is 0 Å². The maximum atomic E-state index is 2.18. The minimum absolute atomic E-state index is 1.29. The van der Waals surface area contributed by atoms with Crippen LogP contribution >= 0.6 is 0 Å². The summed E-state index contributed by atoms with van der Waals surface area (Å²) in [5.74, 6) is 0. The average molecular weight is 208 g/mol. The smallest absolute Gasteiger partial charge is 0.0149 e. The molecule has 0 radical (unpaired) electrons. The molecule has 0 atom stereocenters. The molecule has 0 bridgehead atoms. The molecule has 0 unspecified atom stereocenters. The molecule has 2 aromatic rings. The van der Waals surface area contributed by atoms with E-state index in [9.17, 15) is 0 Å². The van der Waals surface area contributed by atoms with Crippen molar-refractivity contribution in [3.63, 3.8) is 0 Å². The van der Waals surface area contributed by atoms with Gasteiger partial charge in [0.1, 0.15) is 0 Å². The first-order chi connectivity index (χ1) is 7.83. The number of aryl methyl sites for hydroxylation is 1. The summed E-state index contributed by atoms with van der Waals surface area (Å²) in [7, 11) is 0. The van der Waals surface area contributed by atoms with Gasteiger partial charge in [0.15, 0.2) is 0 Å². The topological polar surface area (TPSA) is 0 Å². The van der Waals surface area contributed by atoms with Crippen LogP contribution < -0.4 is 0 Å². The van der Waals surface area contributed by atoms with E-state index in [0.29, 0.717) is 0 Å². The Hall–Kier alpha value is -1.82. The Labute approximate surface area is 96.9 Å². The van der Waals surface area contributed by atoms with Crippen LogP contribution in [0.2, 0.25) is 0 Å². The highest BCUT2D eigenvalue weighted by Gasteiger charge is 1.99. The Kier molecular flexibility index (Phi) is 3.21. The molecular formula is C16H16. The Morgan fingerprint density at radius 2 is 1.75 bits per heavy atom. The van der Waals surface area contributed by atoms with E-state index in [1.807, 2.05) is 13.0 Å². The molecule has 16 heavy (non-hydrogen) atoms. The van der Waals surface area contributed by atoms with Crippen LogP contribution in [0.4, 0.5) is 0 Å². The molecule has 2 aromatic carbocycles. The van der Waals surface area contributed by atoms with Crippen molar-refractivity contribution in [1.29, 1.82) is 0 Å². The number of hydrogen-bond acceptors (Lipinski definition) is 0. The Balaban J connectivity index is 2.52. The third-order valence-corrected chi connectivity index (χ3v) is 2.82. The molecule has 0 aromatic heterocycles. The summed E-state index contributed by atoms with van der Waals surface area (Å²) in [5, 5.41) is 2.65. The second kappa shape index (κ2) is 4.80. The maximum absolute atomic E-state index is 2.18. The van der Waals surface area contributed by atoms with E-state index in [2.05, 4.69) is 61.5 Å². The molecule has 0 aliphatic rings.